The van der Waals surface area contributed by atoms with Crippen LogP contribution < -0.4 is 9.47 Å². The first-order chi connectivity index (χ1) is 15.7. The summed E-state index contributed by atoms with van der Waals surface area (Å²) in [7, 11) is 1.50. The van der Waals surface area contributed by atoms with Crippen molar-refractivity contribution in [1.29, 1.82) is 0 Å². The molecule has 0 amide bonds. The van der Waals surface area contributed by atoms with Crippen LogP contribution in [0.3, 0.4) is 0 Å². The maximum absolute atomic E-state index is 13.6. The first kappa shape index (κ1) is 26.3. The fraction of sp³-hybridized carbons (Fsp3) is 0.400. The quantitative estimate of drug-likeness (QED) is 0.381. The third kappa shape index (κ3) is 7.28. The maximum atomic E-state index is 13.6. The second kappa shape index (κ2) is 12.3. The molecule has 0 fully saturated rings. The van der Waals surface area contributed by atoms with Gasteiger partial charge >= 0.3 is 5.97 Å². The van der Waals surface area contributed by atoms with Gasteiger partial charge in [-0.05, 0) is 40.8 Å². The van der Waals surface area contributed by atoms with Crippen molar-refractivity contribution in [2.24, 2.45) is 0 Å². The summed E-state index contributed by atoms with van der Waals surface area (Å²) in [4.78, 5) is 10.8. The molecular formula is C25H31FO7. The Balaban J connectivity index is 2.64. The normalized spacial score (nSPS) is 13.3. The van der Waals surface area contributed by atoms with Crippen LogP contribution in [-0.2, 0) is 4.79 Å². The Morgan fingerprint density at radius 3 is 2.39 bits per heavy atom. The summed E-state index contributed by atoms with van der Waals surface area (Å²) in [6.07, 6.45) is 0.256. The van der Waals surface area contributed by atoms with E-state index in [1.54, 1.807) is 18.2 Å². The van der Waals surface area contributed by atoms with E-state index in [4.69, 9.17) is 14.6 Å². The van der Waals surface area contributed by atoms with Crippen LogP contribution in [0.15, 0.2) is 36.4 Å². The number of carbonyl (C=O) groups is 1. The molecule has 0 aromatic heterocycles. The summed E-state index contributed by atoms with van der Waals surface area (Å²) in [5.74, 6) is -0.702. The minimum atomic E-state index is -1.19. The predicted molar refractivity (Wildman–Crippen MR) is 123 cm³/mol. The number of aliphatic carboxylic acids is 1. The number of ether oxygens (including phenoxy) is 2. The molecule has 2 atom stereocenters. The van der Waals surface area contributed by atoms with Crippen molar-refractivity contribution < 1.29 is 39.1 Å². The molecule has 4 N–H and O–H groups in total. The van der Waals surface area contributed by atoms with E-state index < -0.39 is 30.4 Å². The van der Waals surface area contributed by atoms with Crippen LogP contribution in [0.4, 0.5) is 4.39 Å². The molecule has 0 heterocycles. The Hall–Kier alpha value is -2.94. The Labute approximate surface area is 192 Å². The number of hydrogen-bond donors (Lipinski definition) is 4. The molecular weight excluding hydrogens is 431 g/mol. The van der Waals surface area contributed by atoms with E-state index in [0.29, 0.717) is 28.2 Å². The van der Waals surface area contributed by atoms with Gasteiger partial charge in [0.25, 0.3) is 0 Å². The Kier molecular flexibility index (Phi) is 9.84. The zero-order valence-electron chi connectivity index (χ0n) is 19.0. The minimum Gasteiger partial charge on any atom is -0.493 e. The smallest absolute Gasteiger partial charge is 0.305 e. The van der Waals surface area contributed by atoms with Gasteiger partial charge < -0.3 is 29.9 Å². The molecule has 0 saturated carbocycles. The first-order valence-corrected chi connectivity index (χ1v) is 10.7. The molecule has 2 aromatic rings. The number of aliphatic hydroxyl groups is 3. The summed E-state index contributed by atoms with van der Waals surface area (Å²) in [6, 6.07) is 7.67. The highest BCUT2D eigenvalue weighted by Gasteiger charge is 2.22. The zero-order valence-corrected chi connectivity index (χ0v) is 19.0. The molecule has 8 heteroatoms. The van der Waals surface area contributed by atoms with Crippen molar-refractivity contribution in [3.63, 3.8) is 0 Å². The van der Waals surface area contributed by atoms with Crippen LogP contribution in [0.25, 0.3) is 17.2 Å². The lowest BCUT2D eigenvalue weighted by Crippen LogP contribution is -2.19. The van der Waals surface area contributed by atoms with Gasteiger partial charge in [-0.1, -0.05) is 38.1 Å². The highest BCUT2D eigenvalue weighted by Crippen LogP contribution is 2.45. The lowest BCUT2D eigenvalue weighted by atomic mass is 9.88. The molecule has 2 unspecified atom stereocenters. The number of carboxylic acid groups (broad SMARTS) is 1. The fourth-order valence-electron chi connectivity index (χ4n) is 3.53. The van der Waals surface area contributed by atoms with Gasteiger partial charge in [-0.3, -0.25) is 4.79 Å². The van der Waals surface area contributed by atoms with Gasteiger partial charge in [-0.2, -0.15) is 0 Å². The van der Waals surface area contributed by atoms with Crippen LogP contribution in [0.2, 0.25) is 0 Å². The van der Waals surface area contributed by atoms with E-state index in [0.717, 1.165) is 5.56 Å². The van der Waals surface area contributed by atoms with Crippen LogP contribution >= 0.6 is 0 Å². The lowest BCUT2D eigenvalue weighted by molar-refractivity contribution is -0.139. The Bertz CT molecular complexity index is 954. The largest absolute Gasteiger partial charge is 0.493 e. The average molecular weight is 463 g/mol. The predicted octanol–water partition coefficient (Wildman–Crippen LogP) is 3.60. The second-order valence-corrected chi connectivity index (χ2v) is 7.93. The van der Waals surface area contributed by atoms with Crippen molar-refractivity contribution >= 4 is 12.0 Å². The molecule has 33 heavy (non-hydrogen) atoms. The summed E-state index contributed by atoms with van der Waals surface area (Å²) in [5.41, 5.74) is 2.81. The van der Waals surface area contributed by atoms with E-state index >= 15 is 0 Å². The lowest BCUT2D eigenvalue weighted by Gasteiger charge is -2.22. The van der Waals surface area contributed by atoms with Gasteiger partial charge in [-0.25, -0.2) is 4.39 Å². The van der Waals surface area contributed by atoms with Crippen molar-refractivity contribution in [2.75, 3.05) is 20.3 Å². The third-order valence-electron chi connectivity index (χ3n) is 5.04. The zero-order chi connectivity index (χ0) is 24.5. The molecule has 0 radical (unpaired) electrons. The van der Waals surface area contributed by atoms with Crippen LogP contribution in [0.1, 0.15) is 43.7 Å². The number of benzene rings is 2. The summed E-state index contributed by atoms with van der Waals surface area (Å²) < 4.78 is 25.0. The maximum Gasteiger partial charge on any atom is 0.305 e. The van der Waals surface area contributed by atoms with Gasteiger partial charge in [0, 0.05) is 12.0 Å². The molecule has 0 bridgehead atoms. The van der Waals surface area contributed by atoms with Crippen molar-refractivity contribution in [3.05, 3.63) is 53.4 Å². The summed E-state index contributed by atoms with van der Waals surface area (Å²) in [6.45, 7) is 3.77. The van der Waals surface area contributed by atoms with Gasteiger partial charge in [0.1, 0.15) is 12.4 Å². The third-order valence-corrected chi connectivity index (χ3v) is 5.04. The van der Waals surface area contributed by atoms with Crippen molar-refractivity contribution in [1.82, 2.24) is 0 Å². The van der Waals surface area contributed by atoms with Gasteiger partial charge in [0.2, 0.25) is 0 Å². The summed E-state index contributed by atoms with van der Waals surface area (Å²) >= 11 is 0. The minimum absolute atomic E-state index is 0.0126. The number of aliphatic hydroxyl groups excluding tert-OH is 3. The molecule has 180 valence electrons. The summed E-state index contributed by atoms with van der Waals surface area (Å²) in [5, 5.41) is 38.3. The molecule has 0 aliphatic heterocycles. The molecule has 0 aliphatic carbocycles. The van der Waals surface area contributed by atoms with Gasteiger partial charge in [0.05, 0.1) is 32.3 Å². The molecule has 0 aliphatic rings. The van der Waals surface area contributed by atoms with E-state index in [2.05, 4.69) is 0 Å². The van der Waals surface area contributed by atoms with Crippen LogP contribution in [0.5, 0.6) is 11.5 Å². The molecule has 7 nitrogen and oxygen atoms in total. The number of methoxy groups -OCH3 is 1. The topological polar surface area (TPSA) is 116 Å². The number of rotatable bonds is 12. The van der Waals surface area contributed by atoms with Crippen LogP contribution in [0, 0.1) is 5.82 Å². The average Bonchev–Trinajstić information content (AvgIpc) is 2.75. The molecule has 0 spiro atoms. The van der Waals surface area contributed by atoms with Gasteiger partial charge in [0.15, 0.2) is 11.5 Å². The molecule has 2 rings (SSSR count). The SMILES string of the molecule is COc1cc(C(C)C)c(/C=C/C(O)CC(O)CC(=O)O)c(-c2ccc(F)cc2)c1OCCO. The van der Waals surface area contributed by atoms with Gasteiger partial charge in [-0.15, -0.1) is 0 Å². The number of halogens is 1. The highest BCUT2D eigenvalue weighted by atomic mass is 19.1. The Morgan fingerprint density at radius 1 is 1.18 bits per heavy atom. The van der Waals surface area contributed by atoms with Crippen molar-refractivity contribution in [3.8, 4) is 22.6 Å². The second-order valence-electron chi connectivity index (χ2n) is 7.93. The monoisotopic (exact) mass is 462 g/mol. The first-order valence-electron chi connectivity index (χ1n) is 10.7. The number of hydrogen-bond acceptors (Lipinski definition) is 6. The van der Waals surface area contributed by atoms with Crippen LogP contribution in [-0.4, -0.2) is 58.9 Å². The van der Waals surface area contributed by atoms with Crippen molar-refractivity contribution in [2.45, 2.75) is 44.8 Å². The van der Waals surface area contributed by atoms with E-state index in [-0.39, 0.29) is 25.6 Å². The highest BCUT2D eigenvalue weighted by molar-refractivity contribution is 5.85. The van der Waals surface area contributed by atoms with E-state index in [9.17, 15) is 24.5 Å². The molecule has 0 saturated heterocycles. The van der Waals surface area contributed by atoms with E-state index in [1.165, 1.54) is 25.3 Å². The Morgan fingerprint density at radius 2 is 1.85 bits per heavy atom. The molecule has 2 aromatic carbocycles. The van der Waals surface area contributed by atoms with E-state index in [1.807, 2.05) is 19.9 Å². The fourth-order valence-corrected chi connectivity index (χ4v) is 3.53. The standard InChI is InChI=1S/C25H31FO7/c1-15(2)21-14-22(32-3)25(33-11-10-27)24(16-4-6-17(26)7-5-16)20(21)9-8-18(28)12-19(29)13-23(30)31/h4-9,14-15,18-19,27-29H,10-13H2,1-3H3,(H,30,31)/b9-8+. The number of carboxylic acids is 1.